The van der Waals surface area contributed by atoms with Gasteiger partial charge >= 0.3 is 0 Å². The molecule has 0 fully saturated rings. The third-order valence-corrected chi connectivity index (χ3v) is 2.98. The molecule has 1 heterocycles. The molecule has 3 heteroatoms. The first-order chi connectivity index (χ1) is 8.35. The van der Waals surface area contributed by atoms with Crippen LogP contribution in [-0.2, 0) is 6.42 Å². The lowest BCUT2D eigenvalue weighted by molar-refractivity contribution is 0.329. The third-order valence-electron chi connectivity index (χ3n) is 2.98. The Balaban J connectivity index is 2.15. The third kappa shape index (κ3) is 3.10. The van der Waals surface area contributed by atoms with Gasteiger partial charge in [0.05, 0.1) is 0 Å². The van der Waals surface area contributed by atoms with Crippen molar-refractivity contribution in [3.8, 4) is 0 Å². The van der Waals surface area contributed by atoms with Crippen LogP contribution < -0.4 is 5.73 Å². The Morgan fingerprint density at radius 1 is 1.33 bits per heavy atom. The Kier molecular flexibility index (Phi) is 3.44. The molecule has 2 aromatic rings. The Labute approximate surface area is 108 Å². The minimum atomic E-state index is 0.0957. The zero-order valence-corrected chi connectivity index (χ0v) is 11.7. The van der Waals surface area contributed by atoms with Crippen molar-refractivity contribution in [3.63, 3.8) is 0 Å². The number of aromatic nitrogens is 1. The van der Waals surface area contributed by atoms with E-state index in [2.05, 4.69) is 25.8 Å². The highest BCUT2D eigenvalue weighted by molar-refractivity contribution is 5.76. The van der Waals surface area contributed by atoms with E-state index in [-0.39, 0.29) is 11.5 Å². The molecule has 2 rings (SSSR count). The van der Waals surface area contributed by atoms with Crippen LogP contribution in [0.5, 0.6) is 0 Å². The van der Waals surface area contributed by atoms with Crippen molar-refractivity contribution in [2.75, 3.05) is 0 Å². The molecule has 1 unspecified atom stereocenters. The average Bonchev–Trinajstić information content (AvgIpc) is 2.58. The zero-order chi connectivity index (χ0) is 13.3. The standard InChI is InChI=1S/C15H22N2O/c1-10-6-5-7-12-14(10)17-13(18-12)8-11(16)9-15(2,3)4/h5-7,11H,8-9,16H2,1-4H3. The highest BCUT2D eigenvalue weighted by atomic mass is 16.3. The van der Waals surface area contributed by atoms with E-state index in [4.69, 9.17) is 10.2 Å². The van der Waals surface area contributed by atoms with Crippen molar-refractivity contribution in [3.05, 3.63) is 29.7 Å². The van der Waals surface area contributed by atoms with Crippen molar-refractivity contribution in [1.82, 2.24) is 4.98 Å². The molecular weight excluding hydrogens is 224 g/mol. The zero-order valence-electron chi connectivity index (χ0n) is 11.7. The molecule has 18 heavy (non-hydrogen) atoms. The second-order valence-electron chi connectivity index (χ2n) is 6.26. The van der Waals surface area contributed by atoms with Crippen molar-refractivity contribution >= 4 is 11.1 Å². The number of para-hydroxylation sites is 1. The Hall–Kier alpha value is -1.35. The molecule has 0 aliphatic heterocycles. The minimum Gasteiger partial charge on any atom is -0.441 e. The summed E-state index contributed by atoms with van der Waals surface area (Å²) in [6.07, 6.45) is 1.66. The molecule has 98 valence electrons. The van der Waals surface area contributed by atoms with Gasteiger partial charge in [0.25, 0.3) is 0 Å². The fraction of sp³-hybridized carbons (Fsp3) is 0.533. The summed E-state index contributed by atoms with van der Waals surface area (Å²) in [4.78, 5) is 4.54. The van der Waals surface area contributed by atoms with E-state index < -0.39 is 0 Å². The van der Waals surface area contributed by atoms with Crippen LogP contribution in [0.15, 0.2) is 22.6 Å². The molecule has 0 saturated heterocycles. The van der Waals surface area contributed by atoms with Crippen molar-refractivity contribution < 1.29 is 4.42 Å². The molecule has 0 saturated carbocycles. The molecule has 3 nitrogen and oxygen atoms in total. The molecule has 0 radical (unpaired) electrons. The van der Waals surface area contributed by atoms with E-state index in [0.29, 0.717) is 6.42 Å². The van der Waals surface area contributed by atoms with Gasteiger partial charge in [-0.15, -0.1) is 0 Å². The number of fused-ring (bicyclic) bond motifs is 1. The molecule has 1 aromatic carbocycles. The maximum absolute atomic E-state index is 6.15. The van der Waals surface area contributed by atoms with Crippen LogP contribution in [0, 0.1) is 12.3 Å². The maximum atomic E-state index is 6.15. The van der Waals surface area contributed by atoms with Crippen molar-refractivity contribution in [1.29, 1.82) is 0 Å². The van der Waals surface area contributed by atoms with Gasteiger partial charge in [0.1, 0.15) is 5.52 Å². The monoisotopic (exact) mass is 246 g/mol. The lowest BCUT2D eigenvalue weighted by Crippen LogP contribution is -2.28. The van der Waals surface area contributed by atoms with Crippen LogP contribution in [0.1, 0.15) is 38.6 Å². The fourth-order valence-corrected chi connectivity index (χ4v) is 2.30. The lowest BCUT2D eigenvalue weighted by atomic mass is 9.87. The molecule has 0 amide bonds. The van der Waals surface area contributed by atoms with E-state index in [1.807, 2.05) is 25.1 Å². The number of benzene rings is 1. The average molecular weight is 246 g/mol. The summed E-state index contributed by atoms with van der Waals surface area (Å²) < 4.78 is 5.74. The minimum absolute atomic E-state index is 0.0957. The smallest absolute Gasteiger partial charge is 0.197 e. The quantitative estimate of drug-likeness (QED) is 0.902. The second-order valence-corrected chi connectivity index (χ2v) is 6.26. The van der Waals surface area contributed by atoms with Gasteiger partial charge in [-0.05, 0) is 30.4 Å². The summed E-state index contributed by atoms with van der Waals surface area (Å²) in [5.74, 6) is 0.746. The van der Waals surface area contributed by atoms with Crippen LogP contribution in [0.25, 0.3) is 11.1 Å². The van der Waals surface area contributed by atoms with Gasteiger partial charge in [-0.1, -0.05) is 32.9 Å². The molecule has 1 atom stereocenters. The number of nitrogens with two attached hydrogens (primary N) is 1. The lowest BCUT2D eigenvalue weighted by Gasteiger charge is -2.22. The van der Waals surface area contributed by atoms with Crippen molar-refractivity contribution in [2.24, 2.45) is 11.1 Å². The summed E-state index contributed by atoms with van der Waals surface area (Å²) in [6, 6.07) is 6.08. The molecule has 0 spiro atoms. The molecule has 1 aromatic heterocycles. The van der Waals surface area contributed by atoms with Gasteiger partial charge < -0.3 is 10.2 Å². The maximum Gasteiger partial charge on any atom is 0.197 e. The van der Waals surface area contributed by atoms with Crippen LogP contribution in [0.2, 0.25) is 0 Å². The molecule has 0 aliphatic rings. The van der Waals surface area contributed by atoms with Gasteiger partial charge in [-0.3, -0.25) is 0 Å². The molecule has 0 aliphatic carbocycles. The summed E-state index contributed by atoms with van der Waals surface area (Å²) in [6.45, 7) is 8.64. The first kappa shape index (κ1) is 13.1. The topological polar surface area (TPSA) is 52.0 Å². The van der Waals surface area contributed by atoms with Crippen LogP contribution in [0.3, 0.4) is 0 Å². The predicted octanol–water partition coefficient (Wildman–Crippen LogP) is 3.44. The Morgan fingerprint density at radius 2 is 2.06 bits per heavy atom. The van der Waals surface area contributed by atoms with E-state index >= 15 is 0 Å². The summed E-state index contributed by atoms with van der Waals surface area (Å²) in [5, 5.41) is 0. The number of hydrogen-bond donors (Lipinski definition) is 1. The predicted molar refractivity (Wildman–Crippen MR) is 74.5 cm³/mol. The summed E-state index contributed by atoms with van der Waals surface area (Å²) in [5.41, 5.74) is 9.34. The summed E-state index contributed by atoms with van der Waals surface area (Å²) >= 11 is 0. The van der Waals surface area contributed by atoms with Crippen LogP contribution >= 0.6 is 0 Å². The number of hydrogen-bond acceptors (Lipinski definition) is 3. The van der Waals surface area contributed by atoms with Crippen molar-refractivity contribution in [2.45, 2.75) is 46.6 Å². The number of nitrogens with zero attached hydrogens (tertiary/aromatic N) is 1. The summed E-state index contributed by atoms with van der Waals surface area (Å²) in [7, 11) is 0. The van der Waals surface area contributed by atoms with Gasteiger partial charge in [0.15, 0.2) is 11.5 Å². The van der Waals surface area contributed by atoms with Gasteiger partial charge in [-0.2, -0.15) is 0 Å². The van der Waals surface area contributed by atoms with Gasteiger partial charge in [0, 0.05) is 12.5 Å². The first-order valence-corrected chi connectivity index (χ1v) is 6.46. The normalized spacial score (nSPS) is 14.1. The van der Waals surface area contributed by atoms with Crippen LogP contribution in [0.4, 0.5) is 0 Å². The Morgan fingerprint density at radius 3 is 2.67 bits per heavy atom. The largest absolute Gasteiger partial charge is 0.441 e. The number of aryl methyl sites for hydroxylation is 1. The second kappa shape index (κ2) is 4.73. The van der Waals surface area contributed by atoms with E-state index in [1.165, 1.54) is 0 Å². The highest BCUT2D eigenvalue weighted by Gasteiger charge is 2.18. The van der Waals surface area contributed by atoms with Gasteiger partial charge in [0.2, 0.25) is 0 Å². The molecule has 0 bridgehead atoms. The molecule has 2 N–H and O–H groups in total. The first-order valence-electron chi connectivity index (χ1n) is 6.46. The molecular formula is C15H22N2O. The number of oxazole rings is 1. The Bertz CT molecular complexity index is 537. The van der Waals surface area contributed by atoms with Crippen LogP contribution in [-0.4, -0.2) is 11.0 Å². The number of rotatable bonds is 3. The SMILES string of the molecule is Cc1cccc2oc(CC(N)CC(C)(C)C)nc12. The fourth-order valence-electron chi connectivity index (χ4n) is 2.30. The van der Waals surface area contributed by atoms with E-state index in [1.54, 1.807) is 0 Å². The van der Waals surface area contributed by atoms with E-state index in [0.717, 1.165) is 29.0 Å². The van der Waals surface area contributed by atoms with E-state index in [9.17, 15) is 0 Å². The highest BCUT2D eigenvalue weighted by Crippen LogP contribution is 2.23. The van der Waals surface area contributed by atoms with Gasteiger partial charge in [-0.25, -0.2) is 4.98 Å².